The first-order valence-corrected chi connectivity index (χ1v) is 9.60. The Labute approximate surface area is 180 Å². The lowest BCUT2D eigenvalue weighted by Gasteiger charge is -2.31. The van der Waals surface area contributed by atoms with E-state index in [1.54, 1.807) is 6.92 Å². The lowest BCUT2D eigenvalue weighted by Crippen LogP contribution is -2.52. The van der Waals surface area contributed by atoms with Crippen LogP contribution in [0, 0.1) is 0 Å². The number of anilines is 1. The fourth-order valence-electron chi connectivity index (χ4n) is 2.75. The Morgan fingerprint density at radius 3 is 2.32 bits per heavy atom. The average Bonchev–Trinajstić information content (AvgIpc) is 3.08. The van der Waals surface area contributed by atoms with Gasteiger partial charge in [0, 0.05) is 24.0 Å². The van der Waals surface area contributed by atoms with Crippen molar-refractivity contribution in [1.82, 2.24) is 10.3 Å². The van der Waals surface area contributed by atoms with Gasteiger partial charge in [0.2, 0.25) is 5.91 Å². The number of hydrogen-bond donors (Lipinski definition) is 4. The van der Waals surface area contributed by atoms with E-state index in [1.165, 1.54) is 29.4 Å². The topological polar surface area (TPSA) is 109 Å². The van der Waals surface area contributed by atoms with Crippen LogP contribution in [0.2, 0.25) is 0 Å². The predicted molar refractivity (Wildman–Crippen MR) is 118 cm³/mol. The molecule has 7 nitrogen and oxygen atoms in total. The van der Waals surface area contributed by atoms with Crippen molar-refractivity contribution in [2.45, 2.75) is 38.9 Å². The number of halogens is 3. The van der Waals surface area contributed by atoms with Gasteiger partial charge in [0.05, 0.1) is 11.3 Å². The molecule has 31 heavy (non-hydrogen) atoms. The summed E-state index contributed by atoms with van der Waals surface area (Å²) in [5, 5.41) is 6.77. The van der Waals surface area contributed by atoms with E-state index < -0.39 is 17.3 Å². The molecule has 1 amide bonds. The van der Waals surface area contributed by atoms with E-state index in [0.717, 1.165) is 12.1 Å². The molecule has 1 aromatic rings. The van der Waals surface area contributed by atoms with Crippen LogP contribution in [0.4, 0.5) is 18.9 Å². The van der Waals surface area contributed by atoms with Gasteiger partial charge in [0.1, 0.15) is 11.4 Å². The maximum Gasteiger partial charge on any atom is 0.416 e. The molecule has 0 bridgehead atoms. The zero-order valence-corrected chi connectivity index (χ0v) is 17.9. The minimum atomic E-state index is -4.43. The highest BCUT2D eigenvalue weighted by Gasteiger charge is 2.41. The molecule has 1 aromatic carbocycles. The molecule has 170 valence electrons. The van der Waals surface area contributed by atoms with Gasteiger partial charge in [-0.25, -0.2) is 10.8 Å². The van der Waals surface area contributed by atoms with Gasteiger partial charge in [-0.05, 0) is 44.3 Å². The third-order valence-electron chi connectivity index (χ3n) is 4.64. The molecule has 1 atom stereocenters. The summed E-state index contributed by atoms with van der Waals surface area (Å²) in [6.45, 7) is 13.3. The molecule has 1 fully saturated rings. The maximum atomic E-state index is 12.7. The lowest BCUT2D eigenvalue weighted by molar-refractivity contribution is -0.137. The largest absolute Gasteiger partial charge is 0.416 e. The van der Waals surface area contributed by atoms with Crippen LogP contribution in [-0.2, 0) is 11.0 Å². The van der Waals surface area contributed by atoms with Gasteiger partial charge in [-0.1, -0.05) is 26.5 Å². The number of aliphatic imine (C=N–C) groups is 1. The number of carbonyl (C=O) groups is 1. The molecule has 0 saturated carbocycles. The molecule has 1 heterocycles. The van der Waals surface area contributed by atoms with Crippen molar-refractivity contribution in [2.75, 3.05) is 11.9 Å². The summed E-state index contributed by atoms with van der Waals surface area (Å²) < 4.78 is 38.1. The SMILES string of the molecule is C=CC(/C(N)=C/N(N)C1(C)CCNC1=O)=C(\N=C)Nc1ccc(C(F)(F)F)cc1.CC. The molecule has 0 radical (unpaired) electrons. The summed E-state index contributed by atoms with van der Waals surface area (Å²) >= 11 is 0. The van der Waals surface area contributed by atoms with Crippen molar-refractivity contribution in [2.24, 2.45) is 16.6 Å². The third kappa shape index (κ3) is 6.11. The second-order valence-electron chi connectivity index (χ2n) is 6.60. The number of carbonyl (C=O) groups excluding carboxylic acids is 1. The van der Waals surface area contributed by atoms with Crippen LogP contribution in [0.25, 0.3) is 0 Å². The van der Waals surface area contributed by atoms with Crippen LogP contribution in [0.3, 0.4) is 0 Å². The first-order valence-electron chi connectivity index (χ1n) is 9.60. The highest BCUT2D eigenvalue weighted by molar-refractivity contribution is 5.88. The van der Waals surface area contributed by atoms with E-state index in [9.17, 15) is 18.0 Å². The number of rotatable bonds is 7. The van der Waals surface area contributed by atoms with Crippen molar-refractivity contribution in [3.63, 3.8) is 0 Å². The third-order valence-corrected chi connectivity index (χ3v) is 4.64. The molecule has 6 N–H and O–H groups in total. The Bertz CT molecular complexity index is 861. The van der Waals surface area contributed by atoms with Gasteiger partial charge < -0.3 is 21.4 Å². The molecule has 1 unspecified atom stereocenters. The minimum absolute atomic E-state index is 0.144. The molecule has 0 aromatic heterocycles. The van der Waals surface area contributed by atoms with E-state index >= 15 is 0 Å². The highest BCUT2D eigenvalue weighted by atomic mass is 19.4. The zero-order chi connectivity index (χ0) is 23.8. The molecule has 0 spiro atoms. The van der Waals surface area contributed by atoms with Crippen LogP contribution in [-0.4, -0.2) is 29.7 Å². The smallest absolute Gasteiger partial charge is 0.397 e. The second kappa shape index (κ2) is 10.7. The second-order valence-corrected chi connectivity index (χ2v) is 6.60. The number of allylic oxidation sites excluding steroid dienone is 1. The Morgan fingerprint density at radius 2 is 1.90 bits per heavy atom. The number of nitrogens with one attached hydrogen (secondary N) is 2. The standard InChI is InChI=1S/C19H23F3N6O.C2H6/c1-4-14(15(23)11-28(24)18(2)9-10-26-17(18)29)16(25-3)27-13-7-5-12(6-8-13)19(20,21)22;1-2/h4-8,11,27H,1,3,9-10,23-24H2,2H3,(H,26,29);1-2H3/b15-11-,16-14-;. The monoisotopic (exact) mass is 438 g/mol. The van der Waals surface area contributed by atoms with Crippen molar-refractivity contribution >= 4 is 18.3 Å². The number of nitrogens with two attached hydrogens (primary N) is 2. The van der Waals surface area contributed by atoms with Gasteiger partial charge in [-0.2, -0.15) is 13.2 Å². The summed E-state index contributed by atoms with van der Waals surface area (Å²) in [6.07, 6.45) is -1.16. The van der Waals surface area contributed by atoms with E-state index in [4.69, 9.17) is 11.6 Å². The van der Waals surface area contributed by atoms with Crippen molar-refractivity contribution in [3.05, 3.63) is 65.8 Å². The van der Waals surface area contributed by atoms with Crippen molar-refractivity contribution < 1.29 is 18.0 Å². The average molecular weight is 438 g/mol. The van der Waals surface area contributed by atoms with Crippen LogP contribution in [0.1, 0.15) is 32.8 Å². The maximum absolute atomic E-state index is 12.7. The fourth-order valence-corrected chi connectivity index (χ4v) is 2.75. The van der Waals surface area contributed by atoms with Crippen LogP contribution in [0.5, 0.6) is 0 Å². The van der Waals surface area contributed by atoms with E-state index in [1.807, 2.05) is 13.8 Å². The van der Waals surface area contributed by atoms with Crippen LogP contribution in [0.15, 0.2) is 65.2 Å². The van der Waals surface area contributed by atoms with Crippen LogP contribution >= 0.6 is 0 Å². The molecule has 1 saturated heterocycles. The minimum Gasteiger partial charge on any atom is -0.397 e. The first-order chi connectivity index (χ1) is 14.5. The Balaban J connectivity index is 0.00000233. The Morgan fingerprint density at radius 1 is 1.32 bits per heavy atom. The van der Waals surface area contributed by atoms with E-state index in [0.29, 0.717) is 24.2 Å². The molecular weight excluding hydrogens is 409 g/mol. The van der Waals surface area contributed by atoms with Crippen LogP contribution < -0.4 is 22.2 Å². The molecule has 1 aliphatic heterocycles. The number of hydrogen-bond acceptors (Lipinski definition) is 6. The van der Waals surface area contributed by atoms with Crippen molar-refractivity contribution in [3.8, 4) is 0 Å². The van der Waals surface area contributed by atoms with Gasteiger partial charge in [0.15, 0.2) is 0 Å². The highest BCUT2D eigenvalue weighted by Crippen LogP contribution is 2.30. The quantitative estimate of drug-likeness (QED) is 0.226. The fraction of sp³-hybridized carbons (Fsp3) is 0.333. The number of alkyl halides is 3. The first kappa shape index (κ1) is 25.8. The van der Waals surface area contributed by atoms with Gasteiger partial charge in [-0.3, -0.25) is 4.79 Å². The molecule has 10 heteroatoms. The molecular formula is C21H29F3N6O. The summed E-state index contributed by atoms with van der Waals surface area (Å²) in [5.74, 6) is 5.98. The van der Waals surface area contributed by atoms with E-state index in [-0.39, 0.29) is 17.4 Å². The Hall–Kier alpha value is -3.27. The van der Waals surface area contributed by atoms with Gasteiger partial charge >= 0.3 is 6.18 Å². The normalized spacial score (nSPS) is 19.5. The zero-order valence-electron chi connectivity index (χ0n) is 17.9. The Kier molecular flexibility index (Phi) is 8.87. The van der Waals surface area contributed by atoms with E-state index in [2.05, 4.69) is 28.9 Å². The van der Waals surface area contributed by atoms with Gasteiger partial charge in [-0.15, -0.1) is 0 Å². The summed E-state index contributed by atoms with van der Waals surface area (Å²) in [4.78, 5) is 15.9. The lowest BCUT2D eigenvalue weighted by atomic mass is 10.00. The summed E-state index contributed by atoms with van der Waals surface area (Å²) in [6, 6.07) is 4.40. The summed E-state index contributed by atoms with van der Waals surface area (Å²) in [7, 11) is 0. The molecule has 0 aliphatic carbocycles. The molecule has 1 aliphatic rings. The number of nitrogens with zero attached hydrogens (tertiary/aromatic N) is 2. The van der Waals surface area contributed by atoms with Gasteiger partial charge in [0.25, 0.3) is 0 Å². The van der Waals surface area contributed by atoms with Crippen molar-refractivity contribution in [1.29, 1.82) is 0 Å². The number of benzene rings is 1. The summed E-state index contributed by atoms with van der Waals surface area (Å²) in [5.41, 5.74) is 5.19. The number of hydrazine groups is 1. The molecule has 2 rings (SSSR count). The number of amides is 1. The predicted octanol–water partition coefficient (Wildman–Crippen LogP) is 3.50.